The van der Waals surface area contributed by atoms with Gasteiger partial charge in [0.2, 0.25) is 5.91 Å². The molecule has 6 nitrogen and oxygen atoms in total. The summed E-state index contributed by atoms with van der Waals surface area (Å²) in [6, 6.07) is 0. The van der Waals surface area contributed by atoms with Gasteiger partial charge in [0.25, 0.3) is 0 Å². The van der Waals surface area contributed by atoms with Crippen molar-refractivity contribution < 1.29 is 19.4 Å². The number of morpholine rings is 1. The van der Waals surface area contributed by atoms with Gasteiger partial charge in [-0.25, -0.2) is 4.79 Å². The van der Waals surface area contributed by atoms with Crippen LogP contribution in [-0.2, 0) is 14.3 Å². The van der Waals surface area contributed by atoms with E-state index in [1.165, 1.54) is 0 Å². The molecule has 0 aromatic heterocycles. The summed E-state index contributed by atoms with van der Waals surface area (Å²) in [5, 5.41) is 8.85. The van der Waals surface area contributed by atoms with E-state index in [9.17, 15) is 9.59 Å². The van der Waals surface area contributed by atoms with Crippen molar-refractivity contribution in [1.29, 1.82) is 0 Å². The molecule has 6 heteroatoms. The first-order chi connectivity index (χ1) is 8.54. The summed E-state index contributed by atoms with van der Waals surface area (Å²) in [7, 11) is 0. The number of carboxylic acids is 1. The van der Waals surface area contributed by atoms with E-state index in [0.29, 0.717) is 32.0 Å². The number of rotatable bonds is 6. The second kappa shape index (κ2) is 7.33. The number of carbonyl (C=O) groups is 2. The Hall–Kier alpha value is -1.14. The number of carbonyl (C=O) groups excluding carboxylic acids is 1. The lowest BCUT2D eigenvalue weighted by atomic mass is 10.0. The summed E-state index contributed by atoms with van der Waals surface area (Å²) in [4.78, 5) is 24.3. The number of hydrogen-bond acceptors (Lipinski definition) is 4. The lowest BCUT2D eigenvalue weighted by molar-refractivity contribution is -0.159. The molecule has 0 radical (unpaired) electrons. The number of amides is 1. The summed E-state index contributed by atoms with van der Waals surface area (Å²) >= 11 is 0. The third kappa shape index (κ3) is 4.62. The molecular weight excluding hydrogens is 236 g/mol. The molecule has 1 fully saturated rings. The molecule has 2 atom stereocenters. The highest BCUT2D eigenvalue weighted by molar-refractivity contribution is 5.78. The van der Waals surface area contributed by atoms with Gasteiger partial charge in [0.05, 0.1) is 13.2 Å². The van der Waals surface area contributed by atoms with Gasteiger partial charge in [0.1, 0.15) is 0 Å². The van der Waals surface area contributed by atoms with Crippen LogP contribution in [0.4, 0.5) is 0 Å². The molecule has 104 valence electrons. The van der Waals surface area contributed by atoms with Crippen LogP contribution in [0.5, 0.6) is 0 Å². The van der Waals surface area contributed by atoms with E-state index in [4.69, 9.17) is 15.6 Å². The van der Waals surface area contributed by atoms with Crippen molar-refractivity contribution in [3.8, 4) is 0 Å². The topological polar surface area (TPSA) is 92.9 Å². The lowest BCUT2D eigenvalue weighted by Gasteiger charge is -2.31. The fourth-order valence-electron chi connectivity index (χ4n) is 1.98. The van der Waals surface area contributed by atoms with Gasteiger partial charge in [-0.3, -0.25) is 4.79 Å². The number of carboxylic acid groups (broad SMARTS) is 1. The van der Waals surface area contributed by atoms with E-state index in [-0.39, 0.29) is 12.5 Å². The van der Waals surface area contributed by atoms with Crippen LogP contribution in [0.25, 0.3) is 0 Å². The highest BCUT2D eigenvalue weighted by atomic mass is 16.5. The SMILES string of the molecule is CC(CCN)CCC(=O)N1CCOC(C(=O)O)C1. The Labute approximate surface area is 107 Å². The van der Waals surface area contributed by atoms with Crippen molar-refractivity contribution in [2.45, 2.75) is 32.3 Å². The largest absolute Gasteiger partial charge is 0.479 e. The quantitative estimate of drug-likeness (QED) is 0.703. The molecule has 2 unspecified atom stereocenters. The second-order valence-electron chi connectivity index (χ2n) is 4.76. The third-order valence-corrected chi connectivity index (χ3v) is 3.21. The average molecular weight is 258 g/mol. The van der Waals surface area contributed by atoms with Crippen molar-refractivity contribution in [2.75, 3.05) is 26.2 Å². The Morgan fingerprint density at radius 2 is 2.22 bits per heavy atom. The molecule has 0 aromatic rings. The van der Waals surface area contributed by atoms with Crippen LogP contribution in [-0.4, -0.2) is 54.2 Å². The Balaban J connectivity index is 2.34. The smallest absolute Gasteiger partial charge is 0.334 e. The zero-order chi connectivity index (χ0) is 13.5. The van der Waals surface area contributed by atoms with E-state index in [1.54, 1.807) is 4.90 Å². The maximum atomic E-state index is 11.9. The number of hydrogen-bond donors (Lipinski definition) is 2. The maximum absolute atomic E-state index is 11.9. The molecule has 1 aliphatic heterocycles. The first kappa shape index (κ1) is 14.9. The molecule has 1 rings (SSSR count). The summed E-state index contributed by atoms with van der Waals surface area (Å²) < 4.78 is 5.07. The van der Waals surface area contributed by atoms with E-state index in [0.717, 1.165) is 12.8 Å². The molecule has 1 aliphatic rings. The molecule has 18 heavy (non-hydrogen) atoms. The van der Waals surface area contributed by atoms with Crippen molar-refractivity contribution in [2.24, 2.45) is 11.7 Å². The Bertz CT molecular complexity index is 296. The minimum atomic E-state index is -1.01. The average Bonchev–Trinajstić information content (AvgIpc) is 2.36. The van der Waals surface area contributed by atoms with Crippen LogP contribution < -0.4 is 5.73 Å². The molecule has 1 heterocycles. The Morgan fingerprint density at radius 1 is 1.50 bits per heavy atom. The van der Waals surface area contributed by atoms with E-state index in [2.05, 4.69) is 6.92 Å². The zero-order valence-electron chi connectivity index (χ0n) is 10.8. The van der Waals surface area contributed by atoms with Crippen LogP contribution in [0.3, 0.4) is 0 Å². The molecular formula is C12H22N2O4. The van der Waals surface area contributed by atoms with Gasteiger partial charge in [-0.1, -0.05) is 6.92 Å². The van der Waals surface area contributed by atoms with Crippen LogP contribution in [0.15, 0.2) is 0 Å². The lowest BCUT2D eigenvalue weighted by Crippen LogP contribution is -2.48. The molecule has 1 amide bonds. The Kier molecular flexibility index (Phi) is 6.07. The minimum Gasteiger partial charge on any atom is -0.479 e. The van der Waals surface area contributed by atoms with Gasteiger partial charge < -0.3 is 20.5 Å². The van der Waals surface area contributed by atoms with Crippen LogP contribution >= 0.6 is 0 Å². The minimum absolute atomic E-state index is 0.00780. The van der Waals surface area contributed by atoms with E-state index >= 15 is 0 Å². The van der Waals surface area contributed by atoms with Gasteiger partial charge in [0.15, 0.2) is 6.10 Å². The van der Waals surface area contributed by atoms with Gasteiger partial charge in [0, 0.05) is 13.0 Å². The molecule has 1 saturated heterocycles. The first-order valence-corrected chi connectivity index (χ1v) is 6.36. The number of nitrogens with two attached hydrogens (primary N) is 1. The summed E-state index contributed by atoms with van der Waals surface area (Å²) in [6.45, 7) is 3.63. The normalized spacial score (nSPS) is 21.7. The molecule has 0 bridgehead atoms. The van der Waals surface area contributed by atoms with Gasteiger partial charge in [-0.05, 0) is 25.3 Å². The van der Waals surface area contributed by atoms with Crippen LogP contribution in [0, 0.1) is 5.92 Å². The van der Waals surface area contributed by atoms with Crippen molar-refractivity contribution in [1.82, 2.24) is 4.90 Å². The molecule has 0 spiro atoms. The predicted octanol–water partition coefficient (Wildman–Crippen LogP) is 0.0635. The maximum Gasteiger partial charge on any atom is 0.334 e. The fourth-order valence-corrected chi connectivity index (χ4v) is 1.98. The van der Waals surface area contributed by atoms with Crippen molar-refractivity contribution >= 4 is 11.9 Å². The molecule has 0 aromatic carbocycles. The first-order valence-electron chi connectivity index (χ1n) is 6.36. The molecule has 0 saturated carbocycles. The number of aliphatic carboxylic acids is 1. The highest BCUT2D eigenvalue weighted by Gasteiger charge is 2.28. The summed E-state index contributed by atoms with van der Waals surface area (Å²) in [5.41, 5.74) is 5.45. The van der Waals surface area contributed by atoms with Crippen molar-refractivity contribution in [3.63, 3.8) is 0 Å². The van der Waals surface area contributed by atoms with E-state index in [1.807, 2.05) is 0 Å². The van der Waals surface area contributed by atoms with E-state index < -0.39 is 12.1 Å². The van der Waals surface area contributed by atoms with Crippen LogP contribution in [0.1, 0.15) is 26.2 Å². The van der Waals surface area contributed by atoms with Gasteiger partial charge in [-0.2, -0.15) is 0 Å². The standard InChI is InChI=1S/C12H22N2O4/c1-9(4-5-13)2-3-11(15)14-6-7-18-10(8-14)12(16)17/h9-10H,2-8,13H2,1H3,(H,16,17). The monoisotopic (exact) mass is 258 g/mol. The highest BCUT2D eigenvalue weighted by Crippen LogP contribution is 2.13. The van der Waals surface area contributed by atoms with Crippen LogP contribution in [0.2, 0.25) is 0 Å². The Morgan fingerprint density at radius 3 is 2.83 bits per heavy atom. The summed E-state index contributed by atoms with van der Waals surface area (Å²) in [6.07, 6.45) is 1.27. The fraction of sp³-hybridized carbons (Fsp3) is 0.833. The molecule has 0 aliphatic carbocycles. The third-order valence-electron chi connectivity index (χ3n) is 3.21. The molecule has 3 N–H and O–H groups in total. The predicted molar refractivity (Wildman–Crippen MR) is 66.0 cm³/mol. The number of ether oxygens (including phenoxy) is 1. The zero-order valence-corrected chi connectivity index (χ0v) is 10.8. The summed E-state index contributed by atoms with van der Waals surface area (Å²) in [5.74, 6) is -0.576. The van der Waals surface area contributed by atoms with Gasteiger partial charge >= 0.3 is 5.97 Å². The van der Waals surface area contributed by atoms with Gasteiger partial charge in [-0.15, -0.1) is 0 Å². The number of nitrogens with zero attached hydrogens (tertiary/aromatic N) is 1. The second-order valence-corrected chi connectivity index (χ2v) is 4.76. The van der Waals surface area contributed by atoms with Crippen molar-refractivity contribution in [3.05, 3.63) is 0 Å².